The molecule has 0 spiro atoms. The number of anilines is 3. The summed E-state index contributed by atoms with van der Waals surface area (Å²) in [7, 11) is 2.11. The van der Waals surface area contributed by atoms with Crippen molar-refractivity contribution >= 4 is 34.9 Å². The molecule has 4 heterocycles. The third-order valence-corrected chi connectivity index (χ3v) is 7.17. The van der Waals surface area contributed by atoms with E-state index in [1.807, 2.05) is 31.2 Å². The van der Waals surface area contributed by atoms with Crippen LogP contribution < -0.4 is 15.1 Å². The first-order valence-electron chi connectivity index (χ1n) is 11.8. The molecular formula is C25H30N6O3. The van der Waals surface area contributed by atoms with Crippen molar-refractivity contribution < 1.29 is 14.4 Å². The number of likely N-dealkylation sites (N-methyl/N-ethyl adjacent to an activating group) is 1. The highest BCUT2D eigenvalue weighted by Gasteiger charge is 2.52. The van der Waals surface area contributed by atoms with Gasteiger partial charge in [-0.1, -0.05) is 12.1 Å². The molecule has 1 N–H and O–H groups in total. The summed E-state index contributed by atoms with van der Waals surface area (Å²) in [5.41, 5.74) is 1.03. The number of nitrogens with one attached hydrogen (secondary N) is 1. The average molecular weight is 463 g/mol. The molecule has 0 aliphatic carbocycles. The predicted molar refractivity (Wildman–Crippen MR) is 130 cm³/mol. The van der Waals surface area contributed by atoms with Gasteiger partial charge >= 0.3 is 0 Å². The van der Waals surface area contributed by atoms with Crippen LogP contribution in [0.15, 0.2) is 42.6 Å². The van der Waals surface area contributed by atoms with Gasteiger partial charge in [0.2, 0.25) is 11.8 Å². The van der Waals surface area contributed by atoms with Crippen molar-refractivity contribution in [3.8, 4) is 0 Å². The molecule has 2 aromatic rings. The smallest absolute Gasteiger partial charge is 0.257 e. The van der Waals surface area contributed by atoms with Gasteiger partial charge in [0.25, 0.3) is 5.91 Å². The number of rotatable bonds is 5. The van der Waals surface area contributed by atoms with Gasteiger partial charge in [0.15, 0.2) is 0 Å². The quantitative estimate of drug-likeness (QED) is 0.733. The fourth-order valence-corrected chi connectivity index (χ4v) is 5.16. The largest absolute Gasteiger partial charge is 0.354 e. The molecule has 1 aromatic carbocycles. The number of nitrogens with zero attached hydrogens (tertiary/aromatic N) is 5. The van der Waals surface area contributed by atoms with Crippen LogP contribution in [0.1, 0.15) is 36.5 Å². The van der Waals surface area contributed by atoms with E-state index in [4.69, 9.17) is 0 Å². The minimum Gasteiger partial charge on any atom is -0.354 e. The SMILES string of the molecule is CN1CCN(c2ccc(NC(=O)CCN3C(=O)c4ccccc4N4C(=O)CCC34C)cn2)CC1. The maximum Gasteiger partial charge on any atom is 0.257 e. The van der Waals surface area contributed by atoms with Gasteiger partial charge in [0.1, 0.15) is 11.5 Å². The number of benzene rings is 1. The molecule has 1 aromatic heterocycles. The lowest BCUT2D eigenvalue weighted by molar-refractivity contribution is -0.117. The van der Waals surface area contributed by atoms with Crippen molar-refractivity contribution in [2.75, 3.05) is 54.9 Å². The van der Waals surface area contributed by atoms with Gasteiger partial charge in [0.05, 0.1) is 23.1 Å². The Morgan fingerprint density at radius 1 is 1.09 bits per heavy atom. The van der Waals surface area contributed by atoms with E-state index in [9.17, 15) is 14.4 Å². The van der Waals surface area contributed by atoms with Crippen molar-refractivity contribution in [2.24, 2.45) is 0 Å². The summed E-state index contributed by atoms with van der Waals surface area (Å²) in [4.78, 5) is 51.1. The molecule has 0 bridgehead atoms. The number of carbonyl (C=O) groups excluding carboxylic acids is 3. The molecule has 3 aliphatic heterocycles. The van der Waals surface area contributed by atoms with Crippen LogP contribution in [0.3, 0.4) is 0 Å². The van der Waals surface area contributed by atoms with Crippen LogP contribution in [-0.4, -0.2) is 77.9 Å². The van der Waals surface area contributed by atoms with Gasteiger partial charge < -0.3 is 20.0 Å². The molecule has 3 amide bonds. The lowest BCUT2D eigenvalue weighted by atomic mass is 9.98. The molecule has 5 rings (SSSR count). The first-order valence-corrected chi connectivity index (χ1v) is 11.8. The molecular weight excluding hydrogens is 432 g/mol. The van der Waals surface area contributed by atoms with Crippen molar-refractivity contribution in [3.05, 3.63) is 48.2 Å². The number of piperazine rings is 1. The summed E-state index contributed by atoms with van der Waals surface area (Å²) < 4.78 is 0. The Kier molecular flexibility index (Phi) is 5.73. The number of fused-ring (bicyclic) bond motifs is 3. The van der Waals surface area contributed by atoms with Crippen LogP contribution in [0, 0.1) is 0 Å². The van der Waals surface area contributed by atoms with Crippen LogP contribution >= 0.6 is 0 Å². The van der Waals surface area contributed by atoms with Crippen LogP contribution in [0.4, 0.5) is 17.2 Å². The lowest BCUT2D eigenvalue weighted by Crippen LogP contribution is -2.62. The van der Waals surface area contributed by atoms with E-state index in [0.29, 0.717) is 29.8 Å². The zero-order chi connectivity index (χ0) is 23.9. The topological polar surface area (TPSA) is 89.1 Å². The normalized spacial score (nSPS) is 22.6. The summed E-state index contributed by atoms with van der Waals surface area (Å²) in [6.45, 7) is 6.00. The van der Waals surface area contributed by atoms with Crippen LogP contribution in [0.5, 0.6) is 0 Å². The number of amides is 3. The van der Waals surface area contributed by atoms with Gasteiger partial charge in [-0.25, -0.2) is 4.98 Å². The van der Waals surface area contributed by atoms with Gasteiger partial charge in [-0.3, -0.25) is 19.3 Å². The fraction of sp³-hybridized carbons (Fsp3) is 0.440. The molecule has 178 valence electrons. The summed E-state index contributed by atoms with van der Waals surface area (Å²) >= 11 is 0. The zero-order valence-electron chi connectivity index (χ0n) is 19.7. The van der Waals surface area contributed by atoms with Crippen molar-refractivity contribution in [1.29, 1.82) is 0 Å². The number of pyridine rings is 1. The summed E-state index contributed by atoms with van der Waals surface area (Å²) in [6.07, 6.45) is 2.73. The van der Waals surface area contributed by atoms with E-state index < -0.39 is 5.66 Å². The van der Waals surface area contributed by atoms with E-state index in [1.54, 1.807) is 28.1 Å². The Hall–Kier alpha value is -3.46. The van der Waals surface area contributed by atoms with Crippen molar-refractivity contribution in [1.82, 2.24) is 14.8 Å². The molecule has 3 aliphatic rings. The van der Waals surface area contributed by atoms with Gasteiger partial charge in [-0.2, -0.15) is 0 Å². The number of carbonyl (C=O) groups is 3. The first-order chi connectivity index (χ1) is 16.4. The Morgan fingerprint density at radius 2 is 1.85 bits per heavy atom. The maximum absolute atomic E-state index is 13.3. The van der Waals surface area contributed by atoms with E-state index in [0.717, 1.165) is 32.0 Å². The zero-order valence-corrected chi connectivity index (χ0v) is 19.7. The van der Waals surface area contributed by atoms with Crippen LogP contribution in [0.25, 0.3) is 0 Å². The van der Waals surface area contributed by atoms with Gasteiger partial charge in [-0.15, -0.1) is 0 Å². The molecule has 2 fully saturated rings. The molecule has 34 heavy (non-hydrogen) atoms. The molecule has 1 atom stereocenters. The molecule has 9 nitrogen and oxygen atoms in total. The molecule has 9 heteroatoms. The van der Waals surface area contributed by atoms with E-state index >= 15 is 0 Å². The van der Waals surface area contributed by atoms with Crippen molar-refractivity contribution in [2.45, 2.75) is 31.8 Å². The number of hydrogen-bond donors (Lipinski definition) is 1. The Morgan fingerprint density at radius 3 is 2.59 bits per heavy atom. The Bertz CT molecular complexity index is 1110. The third kappa shape index (κ3) is 3.90. The summed E-state index contributed by atoms with van der Waals surface area (Å²) in [6, 6.07) is 11.0. The number of para-hydroxylation sites is 1. The molecule has 0 saturated carbocycles. The van der Waals surface area contributed by atoms with Crippen molar-refractivity contribution in [3.63, 3.8) is 0 Å². The standard InChI is InChI=1S/C25H30N6O3/c1-25-11-9-23(33)31(25)20-6-4-3-5-19(20)24(34)30(25)12-10-22(32)27-18-7-8-21(26-17-18)29-15-13-28(2)14-16-29/h3-8,17H,9-16H2,1-2H3,(H,27,32). The summed E-state index contributed by atoms with van der Waals surface area (Å²) in [5, 5.41) is 2.89. The maximum atomic E-state index is 13.3. The summed E-state index contributed by atoms with van der Waals surface area (Å²) in [5.74, 6) is 0.571. The van der Waals surface area contributed by atoms with Gasteiger partial charge in [-0.05, 0) is 44.7 Å². The lowest BCUT2D eigenvalue weighted by Gasteiger charge is -2.48. The minimum absolute atomic E-state index is 0.00316. The molecule has 2 saturated heterocycles. The second-order valence-electron chi connectivity index (χ2n) is 9.41. The monoisotopic (exact) mass is 462 g/mol. The number of hydrogen-bond acceptors (Lipinski definition) is 6. The Balaban J connectivity index is 1.24. The van der Waals surface area contributed by atoms with Crippen LogP contribution in [0.2, 0.25) is 0 Å². The second-order valence-corrected chi connectivity index (χ2v) is 9.41. The predicted octanol–water partition coefficient (Wildman–Crippen LogP) is 2.16. The van der Waals surface area contributed by atoms with E-state index in [-0.39, 0.29) is 30.7 Å². The highest BCUT2D eigenvalue weighted by Crippen LogP contribution is 2.43. The average Bonchev–Trinajstić information content (AvgIpc) is 3.15. The van der Waals surface area contributed by atoms with Crippen LogP contribution in [-0.2, 0) is 9.59 Å². The highest BCUT2D eigenvalue weighted by atomic mass is 16.2. The second kappa shape index (κ2) is 8.72. The molecule has 1 unspecified atom stereocenters. The van der Waals surface area contributed by atoms with E-state index in [2.05, 4.69) is 27.1 Å². The fourth-order valence-electron chi connectivity index (χ4n) is 5.16. The number of aromatic nitrogens is 1. The minimum atomic E-state index is -0.755. The third-order valence-electron chi connectivity index (χ3n) is 7.17. The molecule has 0 radical (unpaired) electrons. The van der Waals surface area contributed by atoms with Gasteiger partial charge in [0, 0.05) is 45.6 Å². The Labute approximate surface area is 199 Å². The van der Waals surface area contributed by atoms with E-state index in [1.165, 1.54) is 0 Å². The highest BCUT2D eigenvalue weighted by molar-refractivity contribution is 6.10. The first kappa shape index (κ1) is 22.3.